The van der Waals surface area contributed by atoms with Crippen LogP contribution in [0.1, 0.15) is 5.56 Å². The Morgan fingerprint density at radius 1 is 1.41 bits per heavy atom. The van der Waals surface area contributed by atoms with Crippen LogP contribution in [-0.4, -0.2) is 35.5 Å². The summed E-state index contributed by atoms with van der Waals surface area (Å²) < 4.78 is 0. The lowest BCUT2D eigenvalue weighted by Gasteiger charge is -2.36. The van der Waals surface area contributed by atoms with Crippen molar-refractivity contribution in [2.75, 3.05) is 13.7 Å². The third kappa shape index (κ3) is 3.55. The fourth-order valence-corrected chi connectivity index (χ4v) is 1.61. The van der Waals surface area contributed by atoms with E-state index >= 15 is 0 Å². The highest BCUT2D eigenvalue weighted by molar-refractivity contribution is 5.17. The summed E-state index contributed by atoms with van der Waals surface area (Å²) in [5, 5.41) is 9.40. The molecule has 1 atom stereocenters. The van der Waals surface area contributed by atoms with Crippen molar-refractivity contribution in [2.45, 2.75) is 18.2 Å². The van der Waals surface area contributed by atoms with Crippen LogP contribution in [0.15, 0.2) is 30.3 Å². The molecule has 0 spiro atoms. The molecule has 4 nitrogen and oxygen atoms in total. The number of aliphatic hydroxyl groups excluding tert-OH is 1. The number of benzene rings is 1. The van der Waals surface area contributed by atoms with Crippen LogP contribution in [0.5, 0.6) is 0 Å². The second-order valence-corrected chi connectivity index (χ2v) is 4.11. The van der Waals surface area contributed by atoms with E-state index in [1.165, 1.54) is 0 Å². The van der Waals surface area contributed by atoms with Crippen LogP contribution in [0.2, 0.25) is 0 Å². The van der Waals surface area contributed by atoms with Crippen LogP contribution in [0.3, 0.4) is 0 Å². The average molecular weight is 233 g/mol. The average Bonchev–Trinajstić information content (AvgIpc) is 2.36. The van der Waals surface area contributed by atoms with E-state index in [0.717, 1.165) is 5.56 Å². The summed E-state index contributed by atoms with van der Waals surface area (Å²) in [4.78, 5) is 1.61. The number of likely N-dealkylation sites (N-methyl/N-ethyl adjacent to an activating group) is 1. The van der Waals surface area contributed by atoms with Gasteiger partial charge in [0.25, 0.3) is 0 Å². The number of terminal acetylenes is 1. The maximum atomic E-state index is 9.40. The third-order valence-corrected chi connectivity index (χ3v) is 2.89. The zero-order chi connectivity index (χ0) is 12.9. The van der Waals surface area contributed by atoms with Crippen LogP contribution in [0, 0.1) is 12.3 Å². The lowest BCUT2D eigenvalue weighted by atomic mass is 10.0. The molecule has 5 N–H and O–H groups in total. The summed E-state index contributed by atoms with van der Waals surface area (Å²) in [5.74, 6) is 0.967. The van der Waals surface area contributed by atoms with Crippen LogP contribution >= 0.6 is 0 Å². The molecule has 1 rings (SSSR count). The maximum absolute atomic E-state index is 9.40. The Labute approximate surface area is 102 Å². The predicted molar refractivity (Wildman–Crippen MR) is 68.7 cm³/mol. The van der Waals surface area contributed by atoms with Gasteiger partial charge in [-0.3, -0.25) is 16.4 Å². The Morgan fingerprint density at radius 3 is 2.47 bits per heavy atom. The maximum Gasteiger partial charge on any atom is 0.186 e. The molecule has 0 radical (unpaired) electrons. The molecule has 4 heteroatoms. The molecule has 0 aliphatic heterocycles. The van der Waals surface area contributed by atoms with Crippen molar-refractivity contribution in [1.82, 2.24) is 4.90 Å². The summed E-state index contributed by atoms with van der Waals surface area (Å²) in [7, 11) is 1.71. The van der Waals surface area contributed by atoms with Crippen molar-refractivity contribution in [3.63, 3.8) is 0 Å². The first-order chi connectivity index (χ1) is 8.01. The van der Waals surface area contributed by atoms with Gasteiger partial charge < -0.3 is 5.11 Å². The molecule has 0 saturated heterocycles. The van der Waals surface area contributed by atoms with E-state index in [1.54, 1.807) is 11.9 Å². The number of hydrogen-bond acceptors (Lipinski definition) is 4. The molecule has 0 fully saturated rings. The zero-order valence-electron chi connectivity index (χ0n) is 10.0. The smallest absolute Gasteiger partial charge is 0.186 e. The lowest BCUT2D eigenvalue weighted by molar-refractivity contribution is 0.0800. The number of hydrogen-bond donors (Lipinski definition) is 3. The zero-order valence-corrected chi connectivity index (χ0v) is 10.0. The number of nitrogens with zero attached hydrogens (tertiary/aromatic N) is 1. The molecular formula is C13H19N3O. The molecule has 0 aromatic heterocycles. The van der Waals surface area contributed by atoms with Crippen molar-refractivity contribution in [2.24, 2.45) is 11.5 Å². The monoisotopic (exact) mass is 233 g/mol. The highest BCUT2D eigenvalue weighted by Crippen LogP contribution is 2.11. The Balaban J connectivity index is 2.77. The second-order valence-electron chi connectivity index (χ2n) is 4.11. The first kappa shape index (κ1) is 13.7. The standard InChI is InChI=1S/C13H19N3O/c1-3-13(14,15)16(2)12(10-17)9-11-7-5-4-6-8-11/h1,4-8,12,17H,9-10,14-15H2,2H3. The fourth-order valence-electron chi connectivity index (χ4n) is 1.61. The van der Waals surface area contributed by atoms with Gasteiger partial charge in [-0.2, -0.15) is 0 Å². The minimum Gasteiger partial charge on any atom is -0.395 e. The van der Waals surface area contributed by atoms with Crippen molar-refractivity contribution in [3.05, 3.63) is 35.9 Å². The van der Waals surface area contributed by atoms with Gasteiger partial charge in [0, 0.05) is 6.04 Å². The van der Waals surface area contributed by atoms with Crippen molar-refractivity contribution in [1.29, 1.82) is 0 Å². The Bertz CT molecular complexity index is 383. The first-order valence-electron chi connectivity index (χ1n) is 5.44. The second kappa shape index (κ2) is 5.80. The highest BCUT2D eigenvalue weighted by atomic mass is 16.3. The van der Waals surface area contributed by atoms with E-state index in [1.807, 2.05) is 30.3 Å². The van der Waals surface area contributed by atoms with E-state index in [0.29, 0.717) is 6.42 Å². The quantitative estimate of drug-likeness (QED) is 0.483. The van der Waals surface area contributed by atoms with Crippen LogP contribution in [-0.2, 0) is 6.42 Å². The van der Waals surface area contributed by atoms with Gasteiger partial charge >= 0.3 is 0 Å². The topological polar surface area (TPSA) is 75.5 Å². The van der Waals surface area contributed by atoms with Gasteiger partial charge in [-0.15, -0.1) is 6.42 Å². The van der Waals surface area contributed by atoms with E-state index in [2.05, 4.69) is 5.92 Å². The Kier molecular flexibility index (Phi) is 4.67. The minimum atomic E-state index is -1.35. The predicted octanol–water partition coefficient (Wildman–Crippen LogP) is -0.274. The number of aliphatic hydroxyl groups is 1. The molecule has 1 unspecified atom stereocenters. The van der Waals surface area contributed by atoms with E-state index in [-0.39, 0.29) is 12.6 Å². The molecule has 0 heterocycles. The van der Waals surface area contributed by atoms with Crippen LogP contribution in [0.4, 0.5) is 0 Å². The number of rotatable bonds is 5. The van der Waals surface area contributed by atoms with Gasteiger partial charge in [0.1, 0.15) is 0 Å². The molecule has 17 heavy (non-hydrogen) atoms. The minimum absolute atomic E-state index is 0.0524. The molecular weight excluding hydrogens is 214 g/mol. The molecule has 0 bridgehead atoms. The molecule has 0 amide bonds. The summed E-state index contributed by atoms with van der Waals surface area (Å²) in [6.07, 6.45) is 5.91. The highest BCUT2D eigenvalue weighted by Gasteiger charge is 2.28. The Hall–Kier alpha value is -1.38. The van der Waals surface area contributed by atoms with E-state index in [4.69, 9.17) is 17.9 Å². The first-order valence-corrected chi connectivity index (χ1v) is 5.44. The van der Waals surface area contributed by atoms with Crippen molar-refractivity contribution in [3.8, 4) is 12.3 Å². The summed E-state index contributed by atoms with van der Waals surface area (Å²) in [6.45, 7) is -0.0524. The summed E-state index contributed by atoms with van der Waals surface area (Å²) in [6, 6.07) is 9.61. The molecule has 0 aliphatic rings. The van der Waals surface area contributed by atoms with Gasteiger partial charge in [-0.25, -0.2) is 0 Å². The van der Waals surface area contributed by atoms with Crippen LogP contribution in [0.25, 0.3) is 0 Å². The van der Waals surface area contributed by atoms with Crippen molar-refractivity contribution >= 4 is 0 Å². The van der Waals surface area contributed by atoms with Gasteiger partial charge in [0.05, 0.1) is 6.61 Å². The van der Waals surface area contributed by atoms with E-state index < -0.39 is 5.79 Å². The molecule has 92 valence electrons. The summed E-state index contributed by atoms with van der Waals surface area (Å²) >= 11 is 0. The molecule has 1 aromatic carbocycles. The molecule has 0 saturated carbocycles. The molecule has 0 aliphatic carbocycles. The van der Waals surface area contributed by atoms with Crippen LogP contribution < -0.4 is 11.5 Å². The molecule has 1 aromatic rings. The fraction of sp³-hybridized carbons (Fsp3) is 0.385. The van der Waals surface area contributed by atoms with Gasteiger partial charge in [0.15, 0.2) is 5.79 Å². The van der Waals surface area contributed by atoms with Gasteiger partial charge in [-0.1, -0.05) is 36.3 Å². The Morgan fingerprint density at radius 2 is 2.00 bits per heavy atom. The van der Waals surface area contributed by atoms with E-state index in [9.17, 15) is 5.11 Å². The van der Waals surface area contributed by atoms with Crippen molar-refractivity contribution < 1.29 is 5.11 Å². The summed E-state index contributed by atoms with van der Waals surface area (Å²) in [5.41, 5.74) is 12.6. The number of nitrogens with two attached hydrogens (primary N) is 2. The third-order valence-electron chi connectivity index (χ3n) is 2.89. The van der Waals surface area contributed by atoms with Gasteiger partial charge in [-0.05, 0) is 19.0 Å². The lowest BCUT2D eigenvalue weighted by Crippen LogP contribution is -2.64. The SMILES string of the molecule is C#CC(N)(N)N(C)C(CO)Cc1ccccc1. The van der Waals surface area contributed by atoms with Gasteiger partial charge in [0.2, 0.25) is 0 Å². The largest absolute Gasteiger partial charge is 0.395 e. The normalized spacial score (nSPS) is 13.4.